The number of benzene rings is 2. The zero-order valence-electron chi connectivity index (χ0n) is 12.7. The van der Waals surface area contributed by atoms with Crippen LogP contribution in [0.4, 0.5) is 5.69 Å². The standard InChI is InChI=1S/C18H17N3O2/c1-13-7-8-15(9-17(13)18(22)23)19-10-14-11-20-21(12-14)16-5-3-2-4-6-16/h2-9,11-12,19H,10H2,1H3,(H,22,23). The van der Waals surface area contributed by atoms with E-state index in [1.165, 1.54) is 0 Å². The van der Waals surface area contributed by atoms with Gasteiger partial charge >= 0.3 is 5.97 Å². The maximum atomic E-state index is 11.2. The van der Waals surface area contributed by atoms with Crippen molar-refractivity contribution >= 4 is 11.7 Å². The van der Waals surface area contributed by atoms with Crippen molar-refractivity contribution < 1.29 is 9.90 Å². The molecule has 0 aliphatic rings. The lowest BCUT2D eigenvalue weighted by molar-refractivity contribution is 0.0696. The number of aromatic nitrogens is 2. The molecule has 0 unspecified atom stereocenters. The van der Waals surface area contributed by atoms with Crippen molar-refractivity contribution in [3.63, 3.8) is 0 Å². The molecule has 3 rings (SSSR count). The van der Waals surface area contributed by atoms with Gasteiger partial charge < -0.3 is 10.4 Å². The van der Waals surface area contributed by atoms with Crippen LogP contribution in [0.2, 0.25) is 0 Å². The molecule has 0 amide bonds. The van der Waals surface area contributed by atoms with Crippen LogP contribution < -0.4 is 5.32 Å². The molecule has 0 atom stereocenters. The van der Waals surface area contributed by atoms with Crippen molar-refractivity contribution in [2.45, 2.75) is 13.5 Å². The van der Waals surface area contributed by atoms with Gasteiger partial charge in [-0.2, -0.15) is 5.10 Å². The van der Waals surface area contributed by atoms with Crippen molar-refractivity contribution in [2.75, 3.05) is 5.32 Å². The molecule has 0 radical (unpaired) electrons. The summed E-state index contributed by atoms with van der Waals surface area (Å²) in [5.41, 5.74) is 3.86. The minimum Gasteiger partial charge on any atom is -0.478 e. The topological polar surface area (TPSA) is 67.2 Å². The van der Waals surface area contributed by atoms with Crippen LogP contribution in [0.1, 0.15) is 21.5 Å². The average Bonchev–Trinajstić information content (AvgIpc) is 3.03. The second kappa shape index (κ2) is 6.36. The third-order valence-corrected chi connectivity index (χ3v) is 3.62. The van der Waals surface area contributed by atoms with Gasteiger partial charge in [0.05, 0.1) is 17.4 Å². The lowest BCUT2D eigenvalue weighted by Gasteiger charge is -2.07. The maximum absolute atomic E-state index is 11.2. The molecule has 0 aliphatic carbocycles. The van der Waals surface area contributed by atoms with Crippen LogP contribution in [-0.2, 0) is 6.54 Å². The number of hydrogen-bond acceptors (Lipinski definition) is 3. The summed E-state index contributed by atoms with van der Waals surface area (Å²) in [6.07, 6.45) is 3.75. The molecule has 3 aromatic rings. The summed E-state index contributed by atoms with van der Waals surface area (Å²) in [4.78, 5) is 11.2. The molecular weight excluding hydrogens is 290 g/mol. The van der Waals surface area contributed by atoms with Crippen LogP contribution >= 0.6 is 0 Å². The minimum absolute atomic E-state index is 0.315. The first-order valence-corrected chi connectivity index (χ1v) is 7.30. The molecule has 5 heteroatoms. The number of rotatable bonds is 5. The van der Waals surface area contributed by atoms with Crippen LogP contribution in [0.5, 0.6) is 0 Å². The Morgan fingerprint density at radius 3 is 2.74 bits per heavy atom. The van der Waals surface area contributed by atoms with Crippen LogP contribution in [0.15, 0.2) is 60.9 Å². The van der Waals surface area contributed by atoms with Crippen molar-refractivity contribution in [1.82, 2.24) is 9.78 Å². The maximum Gasteiger partial charge on any atom is 0.336 e. The van der Waals surface area contributed by atoms with E-state index in [-0.39, 0.29) is 0 Å². The Kier molecular flexibility index (Phi) is 4.10. The monoisotopic (exact) mass is 307 g/mol. The fourth-order valence-corrected chi connectivity index (χ4v) is 2.34. The Morgan fingerprint density at radius 2 is 2.00 bits per heavy atom. The Bertz CT molecular complexity index is 825. The minimum atomic E-state index is -0.914. The zero-order valence-corrected chi connectivity index (χ0v) is 12.7. The fourth-order valence-electron chi connectivity index (χ4n) is 2.34. The van der Waals surface area contributed by atoms with Gasteiger partial charge in [-0.15, -0.1) is 0 Å². The Hall–Kier alpha value is -3.08. The normalized spacial score (nSPS) is 10.5. The van der Waals surface area contributed by atoms with Crippen molar-refractivity contribution in [2.24, 2.45) is 0 Å². The third-order valence-electron chi connectivity index (χ3n) is 3.62. The number of hydrogen-bond donors (Lipinski definition) is 2. The average molecular weight is 307 g/mol. The second-order valence-electron chi connectivity index (χ2n) is 5.32. The highest BCUT2D eigenvalue weighted by atomic mass is 16.4. The van der Waals surface area contributed by atoms with Gasteiger partial charge in [0.2, 0.25) is 0 Å². The number of carbonyl (C=O) groups is 1. The Morgan fingerprint density at radius 1 is 1.22 bits per heavy atom. The lowest BCUT2D eigenvalue weighted by Crippen LogP contribution is -2.03. The Balaban J connectivity index is 1.71. The zero-order chi connectivity index (χ0) is 16.2. The summed E-state index contributed by atoms with van der Waals surface area (Å²) in [6, 6.07) is 15.2. The summed E-state index contributed by atoms with van der Waals surface area (Å²) in [6.45, 7) is 2.37. The second-order valence-corrected chi connectivity index (χ2v) is 5.32. The van der Waals surface area contributed by atoms with Gasteiger partial charge in [-0.3, -0.25) is 0 Å². The summed E-state index contributed by atoms with van der Waals surface area (Å²) in [5.74, 6) is -0.914. The predicted molar refractivity (Wildman–Crippen MR) is 89.0 cm³/mol. The van der Waals surface area contributed by atoms with E-state index in [1.54, 1.807) is 25.3 Å². The van der Waals surface area contributed by atoms with E-state index in [0.717, 1.165) is 22.5 Å². The van der Waals surface area contributed by atoms with E-state index in [4.69, 9.17) is 5.11 Å². The first kappa shape index (κ1) is 14.8. The van der Waals surface area contributed by atoms with Crippen molar-refractivity contribution in [3.8, 4) is 5.69 Å². The molecule has 1 heterocycles. The molecule has 2 aromatic carbocycles. The van der Waals surface area contributed by atoms with Gasteiger partial charge in [0.15, 0.2) is 0 Å². The predicted octanol–water partition coefficient (Wildman–Crippen LogP) is 3.49. The summed E-state index contributed by atoms with van der Waals surface area (Å²) < 4.78 is 1.81. The number of aromatic carboxylic acids is 1. The molecule has 1 aromatic heterocycles. The first-order valence-electron chi connectivity index (χ1n) is 7.30. The van der Waals surface area contributed by atoms with E-state index in [0.29, 0.717) is 12.1 Å². The molecule has 0 aliphatic heterocycles. The van der Waals surface area contributed by atoms with E-state index in [2.05, 4.69) is 10.4 Å². The fraction of sp³-hybridized carbons (Fsp3) is 0.111. The highest BCUT2D eigenvalue weighted by Crippen LogP contribution is 2.16. The molecule has 0 saturated heterocycles. The van der Waals surface area contributed by atoms with Gasteiger partial charge in [0.25, 0.3) is 0 Å². The molecular formula is C18H17N3O2. The number of carboxylic acids is 1. The summed E-state index contributed by atoms with van der Waals surface area (Å²) in [5, 5.41) is 16.7. The van der Waals surface area contributed by atoms with E-state index >= 15 is 0 Å². The van der Waals surface area contributed by atoms with E-state index < -0.39 is 5.97 Å². The molecule has 116 valence electrons. The molecule has 0 saturated carbocycles. The molecule has 23 heavy (non-hydrogen) atoms. The van der Waals surface area contributed by atoms with Crippen LogP contribution in [0.3, 0.4) is 0 Å². The molecule has 2 N–H and O–H groups in total. The van der Waals surface area contributed by atoms with Crippen LogP contribution in [0, 0.1) is 6.92 Å². The summed E-state index contributed by atoms with van der Waals surface area (Å²) >= 11 is 0. The Labute approximate surface area is 134 Å². The number of anilines is 1. The van der Waals surface area contributed by atoms with E-state index in [9.17, 15) is 4.79 Å². The van der Waals surface area contributed by atoms with Gasteiger partial charge in [-0.05, 0) is 36.8 Å². The number of nitrogens with zero attached hydrogens (tertiary/aromatic N) is 2. The molecule has 0 fully saturated rings. The van der Waals surface area contributed by atoms with Gasteiger partial charge in [-0.25, -0.2) is 9.48 Å². The van der Waals surface area contributed by atoms with Crippen LogP contribution in [-0.4, -0.2) is 20.9 Å². The van der Waals surface area contributed by atoms with E-state index in [1.807, 2.05) is 47.3 Å². The van der Waals surface area contributed by atoms with Gasteiger partial charge in [-0.1, -0.05) is 24.3 Å². The number of aryl methyl sites for hydroxylation is 1. The van der Waals surface area contributed by atoms with Crippen molar-refractivity contribution in [3.05, 3.63) is 77.6 Å². The number of carboxylic acid groups (broad SMARTS) is 1. The largest absolute Gasteiger partial charge is 0.478 e. The summed E-state index contributed by atoms with van der Waals surface area (Å²) in [7, 11) is 0. The van der Waals surface area contributed by atoms with Gasteiger partial charge in [0.1, 0.15) is 0 Å². The van der Waals surface area contributed by atoms with Gasteiger partial charge in [0, 0.05) is 24.0 Å². The molecule has 0 bridgehead atoms. The first-order chi connectivity index (χ1) is 11.1. The quantitative estimate of drug-likeness (QED) is 0.757. The third kappa shape index (κ3) is 3.40. The number of nitrogens with one attached hydrogen (secondary N) is 1. The highest BCUT2D eigenvalue weighted by molar-refractivity contribution is 5.90. The molecule has 0 spiro atoms. The number of para-hydroxylation sites is 1. The molecule has 5 nitrogen and oxygen atoms in total. The lowest BCUT2D eigenvalue weighted by atomic mass is 10.1. The smallest absolute Gasteiger partial charge is 0.336 e. The van der Waals surface area contributed by atoms with Crippen LogP contribution in [0.25, 0.3) is 5.69 Å². The van der Waals surface area contributed by atoms with Crippen molar-refractivity contribution in [1.29, 1.82) is 0 Å². The highest BCUT2D eigenvalue weighted by Gasteiger charge is 2.08. The SMILES string of the molecule is Cc1ccc(NCc2cnn(-c3ccccc3)c2)cc1C(=O)O.